The first kappa shape index (κ1) is 34.9. The molecule has 0 aromatic heterocycles. The second-order valence-electron chi connectivity index (χ2n) is 14.8. The van der Waals surface area contributed by atoms with E-state index in [-0.39, 0.29) is 19.4 Å². The van der Waals surface area contributed by atoms with Gasteiger partial charge in [0.05, 0.1) is 24.4 Å². The first-order valence-electron chi connectivity index (χ1n) is 17.1. The smallest absolute Gasteiger partial charge is 0.414 e. The molecule has 13 heteroatoms. The fourth-order valence-electron chi connectivity index (χ4n) is 7.47. The van der Waals surface area contributed by atoms with Gasteiger partial charge in [-0.05, 0) is 47.4 Å². The van der Waals surface area contributed by atoms with Crippen molar-refractivity contribution in [3.63, 3.8) is 0 Å². The van der Waals surface area contributed by atoms with Gasteiger partial charge in [0.1, 0.15) is 23.7 Å². The number of benzene rings is 2. The molecule has 0 spiro atoms. The van der Waals surface area contributed by atoms with Crippen LogP contribution in [0.1, 0.15) is 62.8 Å². The summed E-state index contributed by atoms with van der Waals surface area (Å²) in [7, 11) is 0. The second-order valence-corrected chi connectivity index (χ2v) is 14.8. The van der Waals surface area contributed by atoms with Gasteiger partial charge in [-0.1, -0.05) is 69.3 Å². The number of rotatable bonds is 8. The number of amides is 5. The lowest BCUT2D eigenvalue weighted by molar-refractivity contribution is -0.144. The van der Waals surface area contributed by atoms with Crippen LogP contribution < -0.4 is 20.9 Å². The number of hydrogen-bond donors (Lipinski definition) is 5. The van der Waals surface area contributed by atoms with E-state index in [1.54, 1.807) is 25.7 Å². The number of urea groups is 1. The van der Waals surface area contributed by atoms with Crippen molar-refractivity contribution in [1.29, 1.82) is 0 Å². The van der Waals surface area contributed by atoms with Crippen LogP contribution in [0.2, 0.25) is 0 Å². The third kappa shape index (κ3) is 6.66. The van der Waals surface area contributed by atoms with Crippen molar-refractivity contribution in [2.24, 2.45) is 11.3 Å². The van der Waals surface area contributed by atoms with Crippen LogP contribution in [0, 0.1) is 11.3 Å². The van der Waals surface area contributed by atoms with Crippen molar-refractivity contribution in [2.75, 3.05) is 18.0 Å². The van der Waals surface area contributed by atoms with E-state index in [1.807, 2.05) is 48.5 Å². The predicted molar refractivity (Wildman–Crippen MR) is 183 cm³/mol. The van der Waals surface area contributed by atoms with E-state index in [0.717, 1.165) is 35.2 Å². The van der Waals surface area contributed by atoms with Gasteiger partial charge in [-0.2, -0.15) is 0 Å². The summed E-state index contributed by atoms with van der Waals surface area (Å²) in [5.41, 5.74) is 1.14. The molecule has 1 saturated heterocycles. The fraction of sp³-hybridized carbons (Fsp3) is 0.486. The van der Waals surface area contributed by atoms with Gasteiger partial charge in [-0.25, -0.2) is 14.4 Å². The van der Waals surface area contributed by atoms with E-state index < -0.39 is 77.1 Å². The zero-order valence-corrected chi connectivity index (χ0v) is 28.6. The van der Waals surface area contributed by atoms with Gasteiger partial charge in [-0.15, -0.1) is 6.58 Å². The number of ether oxygens (including phenoxy) is 1. The van der Waals surface area contributed by atoms with Crippen LogP contribution in [0.3, 0.4) is 0 Å². The van der Waals surface area contributed by atoms with Crippen LogP contribution in [-0.4, -0.2) is 87.9 Å². The summed E-state index contributed by atoms with van der Waals surface area (Å²) >= 11 is 0. The van der Waals surface area contributed by atoms with Crippen LogP contribution in [-0.2, 0) is 32.0 Å². The lowest BCUT2D eigenvalue weighted by atomic mass is 9.86. The van der Waals surface area contributed by atoms with Crippen molar-refractivity contribution in [3.8, 4) is 0 Å². The van der Waals surface area contributed by atoms with Crippen molar-refractivity contribution >= 4 is 35.6 Å². The Morgan fingerprint density at radius 2 is 1.76 bits per heavy atom. The number of aryl methyl sites for hydroxylation is 1. The van der Waals surface area contributed by atoms with Crippen LogP contribution in [0.25, 0.3) is 0 Å². The highest BCUT2D eigenvalue weighted by atomic mass is 16.6. The Hall–Kier alpha value is -4.91. The molecule has 1 unspecified atom stereocenters. The minimum Gasteiger partial charge on any atom is -0.479 e. The predicted octanol–water partition coefficient (Wildman–Crippen LogP) is 3.06. The molecule has 50 heavy (non-hydrogen) atoms. The summed E-state index contributed by atoms with van der Waals surface area (Å²) in [5, 5.41) is 29.0. The maximum Gasteiger partial charge on any atom is 0.414 e. The molecular formula is C37H45N5O8. The monoisotopic (exact) mass is 687 g/mol. The van der Waals surface area contributed by atoms with Crippen molar-refractivity contribution in [3.05, 3.63) is 77.9 Å². The number of anilines is 1. The van der Waals surface area contributed by atoms with Crippen LogP contribution >= 0.6 is 0 Å². The summed E-state index contributed by atoms with van der Waals surface area (Å²) in [6.07, 6.45) is 1.17. The number of nitrogens with zero attached hydrogens (tertiary/aromatic N) is 2. The average molecular weight is 688 g/mol. The van der Waals surface area contributed by atoms with Crippen molar-refractivity contribution < 1.29 is 38.9 Å². The Balaban J connectivity index is 1.21. The Labute approximate surface area is 291 Å². The maximum atomic E-state index is 14.1. The Morgan fingerprint density at radius 3 is 2.44 bits per heavy atom. The molecule has 2 aromatic carbocycles. The fourth-order valence-corrected chi connectivity index (χ4v) is 7.47. The van der Waals surface area contributed by atoms with Crippen molar-refractivity contribution in [1.82, 2.24) is 20.9 Å². The molecule has 1 saturated carbocycles. The molecule has 2 fully saturated rings. The first-order chi connectivity index (χ1) is 23.7. The number of carboxylic acids is 1. The van der Waals surface area contributed by atoms with E-state index in [0.29, 0.717) is 13.0 Å². The molecule has 0 radical (unpaired) electrons. The molecule has 4 aliphatic rings. The normalized spacial score (nSPS) is 27.3. The van der Waals surface area contributed by atoms with Gasteiger partial charge < -0.3 is 35.8 Å². The molecule has 2 aliphatic carbocycles. The Morgan fingerprint density at radius 1 is 1.06 bits per heavy atom. The third-order valence-electron chi connectivity index (χ3n) is 10.3. The molecule has 6 rings (SSSR count). The van der Waals surface area contributed by atoms with Gasteiger partial charge in [-0.3, -0.25) is 14.5 Å². The first-order valence-corrected chi connectivity index (χ1v) is 17.1. The van der Waals surface area contributed by atoms with Gasteiger partial charge in [0.15, 0.2) is 0 Å². The number of carboxylic acid groups (broad SMARTS) is 1. The van der Waals surface area contributed by atoms with Crippen LogP contribution in [0.4, 0.5) is 15.3 Å². The zero-order valence-electron chi connectivity index (χ0n) is 28.6. The number of fused-ring (bicyclic) bond motifs is 2. The molecule has 5 amide bonds. The SMILES string of the molecule is C=C[C@@H]1C[C@]1(NC(=O)[C@@H]1C[C@@H](OC(=O)N2CCCc3ccccc32)CN1C(=O)NC(C(=O)N[C@H]1c2ccccc2C[C@H]1O)C(C)(C)C)C(=O)O. The van der Waals surface area contributed by atoms with E-state index in [2.05, 4.69) is 22.5 Å². The lowest BCUT2D eigenvalue weighted by Gasteiger charge is -2.34. The molecule has 2 aromatic rings. The number of carbonyl (C=O) groups is 5. The van der Waals surface area contributed by atoms with E-state index in [1.165, 1.54) is 11.0 Å². The summed E-state index contributed by atoms with van der Waals surface area (Å²) in [6.45, 7) is 9.31. The van der Waals surface area contributed by atoms with E-state index in [9.17, 15) is 34.2 Å². The maximum absolute atomic E-state index is 14.1. The minimum atomic E-state index is -1.54. The zero-order chi connectivity index (χ0) is 36.0. The molecule has 0 bridgehead atoms. The number of aliphatic hydroxyl groups excluding tert-OH is 1. The lowest BCUT2D eigenvalue weighted by Crippen LogP contribution is -2.60. The third-order valence-corrected chi connectivity index (χ3v) is 10.3. The number of nitrogens with one attached hydrogen (secondary N) is 3. The number of aliphatic carboxylic acids is 1. The van der Waals surface area contributed by atoms with Crippen LogP contribution in [0.15, 0.2) is 61.2 Å². The second kappa shape index (κ2) is 13.4. The Bertz CT molecular complexity index is 1710. The highest BCUT2D eigenvalue weighted by molar-refractivity contribution is 5.96. The summed E-state index contributed by atoms with van der Waals surface area (Å²) in [6, 6.07) is 11.3. The minimum absolute atomic E-state index is 0.0770. The highest BCUT2D eigenvalue weighted by Crippen LogP contribution is 2.45. The summed E-state index contributed by atoms with van der Waals surface area (Å²) in [5.74, 6) is -2.92. The quantitative estimate of drug-likeness (QED) is 0.263. The average Bonchev–Trinajstić information content (AvgIpc) is 3.49. The van der Waals surface area contributed by atoms with Gasteiger partial charge in [0.2, 0.25) is 11.8 Å². The molecular weight excluding hydrogens is 642 g/mol. The standard InChI is InChI=1S/C37H45N5O8/c1-5-23-19-37(23,33(46)47)40-31(44)27-18-24(50-35(49)41-16-10-13-21-11-7-9-15-26(21)41)20-42(27)34(48)39-30(36(2,3)4)32(45)38-29-25-14-8-6-12-22(25)17-28(29)43/h5-9,11-12,14-15,23-24,27-30,43H,1,10,13,16-20H2,2-4H3,(H,38,45)(H,39,48)(H,40,44)(H,46,47)/t23-,24-,27+,28-,29+,30?,37-/m1/s1. The number of carbonyl (C=O) groups excluding carboxylic acids is 4. The number of likely N-dealkylation sites (tertiary alicyclic amines) is 1. The number of hydrogen-bond acceptors (Lipinski definition) is 7. The Kier molecular flexibility index (Phi) is 9.38. The largest absolute Gasteiger partial charge is 0.479 e. The molecule has 266 valence electrons. The van der Waals surface area contributed by atoms with E-state index >= 15 is 0 Å². The molecule has 2 heterocycles. The molecule has 5 N–H and O–H groups in total. The topological polar surface area (TPSA) is 178 Å². The molecule has 2 aliphatic heterocycles. The van der Waals surface area contributed by atoms with Gasteiger partial charge in [0, 0.05) is 25.3 Å². The van der Waals surface area contributed by atoms with Gasteiger partial charge >= 0.3 is 18.1 Å². The summed E-state index contributed by atoms with van der Waals surface area (Å²) < 4.78 is 5.90. The summed E-state index contributed by atoms with van der Waals surface area (Å²) in [4.78, 5) is 70.1. The highest BCUT2D eigenvalue weighted by Gasteiger charge is 2.61. The molecule has 7 atom stereocenters. The number of aliphatic hydroxyl groups is 1. The van der Waals surface area contributed by atoms with Crippen molar-refractivity contribution in [2.45, 2.75) is 88.7 Å². The van der Waals surface area contributed by atoms with Gasteiger partial charge in [0.25, 0.3) is 0 Å². The molecule has 13 nitrogen and oxygen atoms in total. The van der Waals surface area contributed by atoms with Crippen LogP contribution in [0.5, 0.6) is 0 Å². The number of para-hydroxylation sites is 1. The van der Waals surface area contributed by atoms with E-state index in [4.69, 9.17) is 4.74 Å².